The first-order valence-electron chi connectivity index (χ1n) is 6.46. The van der Waals surface area contributed by atoms with Crippen molar-refractivity contribution in [3.63, 3.8) is 0 Å². The number of rotatable bonds is 5. The van der Waals surface area contributed by atoms with Gasteiger partial charge in [-0.2, -0.15) is 0 Å². The lowest BCUT2D eigenvalue weighted by Gasteiger charge is -2.38. The number of fused-ring (bicyclic) bond motifs is 1. The monoisotopic (exact) mass is 296 g/mol. The van der Waals surface area contributed by atoms with Crippen molar-refractivity contribution in [2.24, 2.45) is 0 Å². The predicted molar refractivity (Wildman–Crippen MR) is 76.0 cm³/mol. The highest BCUT2D eigenvalue weighted by molar-refractivity contribution is 9.09. The Kier molecular flexibility index (Phi) is 4.63. The van der Waals surface area contributed by atoms with Gasteiger partial charge in [-0.05, 0) is 43.2 Å². The van der Waals surface area contributed by atoms with Crippen molar-refractivity contribution in [2.45, 2.75) is 37.5 Å². The highest BCUT2D eigenvalue weighted by atomic mass is 79.9. The van der Waals surface area contributed by atoms with Crippen molar-refractivity contribution in [2.75, 3.05) is 19.0 Å². The van der Waals surface area contributed by atoms with E-state index in [2.05, 4.69) is 40.2 Å². The van der Waals surface area contributed by atoms with Crippen LogP contribution in [0.2, 0.25) is 0 Å². The molecule has 0 amide bonds. The lowest BCUT2D eigenvalue weighted by Crippen LogP contribution is -2.33. The fourth-order valence-corrected chi connectivity index (χ4v) is 3.89. The van der Waals surface area contributed by atoms with Crippen LogP contribution in [0, 0.1) is 0 Å². The highest BCUT2D eigenvalue weighted by Crippen LogP contribution is 2.42. The first-order valence-corrected chi connectivity index (χ1v) is 7.58. The molecule has 1 atom stereocenters. The number of ether oxygens (including phenoxy) is 1. The molecule has 94 valence electrons. The van der Waals surface area contributed by atoms with E-state index in [1.165, 1.54) is 25.7 Å². The average molecular weight is 297 g/mol. The van der Waals surface area contributed by atoms with Gasteiger partial charge in [-0.3, -0.25) is 0 Å². The van der Waals surface area contributed by atoms with Gasteiger partial charge in [0.25, 0.3) is 0 Å². The molecule has 1 aliphatic carbocycles. The molecule has 0 aromatic heterocycles. The molecule has 0 aliphatic heterocycles. The van der Waals surface area contributed by atoms with E-state index in [9.17, 15) is 0 Å². The van der Waals surface area contributed by atoms with E-state index in [0.29, 0.717) is 5.41 Å². The van der Waals surface area contributed by atoms with Gasteiger partial charge in [-0.1, -0.05) is 40.2 Å². The van der Waals surface area contributed by atoms with Gasteiger partial charge >= 0.3 is 0 Å². The Balaban J connectivity index is 2.22. The number of hydrogen-bond acceptors (Lipinski definition) is 1. The quantitative estimate of drug-likeness (QED) is 0.588. The van der Waals surface area contributed by atoms with Crippen molar-refractivity contribution in [1.29, 1.82) is 0 Å². The molecule has 2 rings (SSSR count). The second kappa shape index (κ2) is 6.01. The lowest BCUT2D eigenvalue weighted by atomic mass is 9.69. The maximum Gasteiger partial charge on any atom is 0.0462 e. The molecule has 0 N–H and O–H groups in total. The minimum absolute atomic E-state index is 0.341. The molecule has 0 fully saturated rings. The molecule has 1 nitrogen and oxygen atoms in total. The number of alkyl halides is 1. The second-order valence-electron chi connectivity index (χ2n) is 5.02. The summed E-state index contributed by atoms with van der Waals surface area (Å²) in [6, 6.07) is 8.96. The van der Waals surface area contributed by atoms with E-state index in [-0.39, 0.29) is 0 Å². The number of benzene rings is 1. The summed E-state index contributed by atoms with van der Waals surface area (Å²) in [5.41, 5.74) is 3.46. The minimum atomic E-state index is 0.341. The van der Waals surface area contributed by atoms with Crippen LogP contribution in [0.1, 0.15) is 36.8 Å². The van der Waals surface area contributed by atoms with Gasteiger partial charge in [-0.15, -0.1) is 0 Å². The van der Waals surface area contributed by atoms with Crippen molar-refractivity contribution < 1.29 is 4.74 Å². The fourth-order valence-electron chi connectivity index (χ4n) is 3.03. The molecule has 0 saturated heterocycles. The molecular weight excluding hydrogens is 276 g/mol. The fraction of sp³-hybridized carbons (Fsp3) is 0.600. The first-order chi connectivity index (χ1) is 8.32. The summed E-state index contributed by atoms with van der Waals surface area (Å²) in [6.07, 6.45) is 6.24. The zero-order valence-electron chi connectivity index (χ0n) is 10.5. The van der Waals surface area contributed by atoms with Crippen LogP contribution >= 0.6 is 15.9 Å². The Morgan fingerprint density at radius 3 is 2.94 bits per heavy atom. The zero-order valence-corrected chi connectivity index (χ0v) is 12.1. The third-order valence-electron chi connectivity index (χ3n) is 3.95. The molecule has 1 aromatic carbocycles. The summed E-state index contributed by atoms with van der Waals surface area (Å²) in [4.78, 5) is 0. The Hall–Kier alpha value is -0.340. The van der Waals surface area contributed by atoms with Crippen LogP contribution in [0.15, 0.2) is 24.3 Å². The molecule has 1 unspecified atom stereocenters. The van der Waals surface area contributed by atoms with Crippen molar-refractivity contribution in [3.8, 4) is 0 Å². The summed E-state index contributed by atoms with van der Waals surface area (Å²) in [6.45, 7) is 0.872. The first kappa shape index (κ1) is 13.1. The van der Waals surface area contributed by atoms with Crippen LogP contribution in [-0.4, -0.2) is 19.0 Å². The SMILES string of the molecule is COCCCC1(CBr)CCCc2ccccc21. The Bertz CT molecular complexity index is 364. The molecular formula is C15H21BrO. The van der Waals surface area contributed by atoms with Gasteiger partial charge in [0.1, 0.15) is 0 Å². The van der Waals surface area contributed by atoms with Crippen LogP contribution in [0.4, 0.5) is 0 Å². The van der Waals surface area contributed by atoms with Crippen LogP contribution in [-0.2, 0) is 16.6 Å². The van der Waals surface area contributed by atoms with E-state index in [0.717, 1.165) is 18.4 Å². The van der Waals surface area contributed by atoms with Gasteiger partial charge in [0.2, 0.25) is 0 Å². The topological polar surface area (TPSA) is 9.23 Å². The number of halogens is 1. The van der Waals surface area contributed by atoms with Crippen molar-refractivity contribution in [3.05, 3.63) is 35.4 Å². The third-order valence-corrected chi connectivity index (χ3v) is 5.02. The predicted octanol–water partition coefficient (Wildman–Crippen LogP) is 4.08. The summed E-state index contributed by atoms with van der Waals surface area (Å²) in [7, 11) is 1.79. The molecule has 2 heteroatoms. The van der Waals surface area contributed by atoms with Gasteiger partial charge < -0.3 is 4.74 Å². The molecule has 0 saturated carbocycles. The minimum Gasteiger partial charge on any atom is -0.385 e. The maximum absolute atomic E-state index is 5.20. The molecule has 0 bridgehead atoms. The molecule has 1 aromatic rings. The number of aryl methyl sites for hydroxylation is 1. The summed E-state index contributed by atoms with van der Waals surface area (Å²) < 4.78 is 5.20. The zero-order chi connectivity index (χ0) is 12.1. The van der Waals surface area contributed by atoms with Gasteiger partial charge in [0, 0.05) is 24.5 Å². The van der Waals surface area contributed by atoms with E-state index in [1.807, 2.05) is 0 Å². The van der Waals surface area contributed by atoms with Crippen LogP contribution in [0.3, 0.4) is 0 Å². The van der Waals surface area contributed by atoms with Gasteiger partial charge in [0.15, 0.2) is 0 Å². The second-order valence-corrected chi connectivity index (χ2v) is 5.58. The maximum atomic E-state index is 5.20. The third kappa shape index (κ3) is 2.74. The van der Waals surface area contributed by atoms with Crippen molar-refractivity contribution in [1.82, 2.24) is 0 Å². The summed E-state index contributed by atoms with van der Waals surface area (Å²) in [5.74, 6) is 0. The largest absolute Gasteiger partial charge is 0.385 e. The molecule has 0 heterocycles. The molecule has 1 aliphatic rings. The van der Waals surface area contributed by atoms with Crippen LogP contribution in [0.5, 0.6) is 0 Å². The van der Waals surface area contributed by atoms with Gasteiger partial charge in [-0.25, -0.2) is 0 Å². The highest BCUT2D eigenvalue weighted by Gasteiger charge is 2.34. The van der Waals surface area contributed by atoms with E-state index >= 15 is 0 Å². The smallest absolute Gasteiger partial charge is 0.0462 e. The standard InChI is InChI=1S/C15H21BrO/c1-17-11-5-10-15(12-16)9-4-7-13-6-2-3-8-14(13)15/h2-3,6,8H,4-5,7,9-12H2,1H3. The number of hydrogen-bond donors (Lipinski definition) is 0. The normalized spacial score (nSPS) is 23.4. The molecule has 17 heavy (non-hydrogen) atoms. The van der Waals surface area contributed by atoms with E-state index in [4.69, 9.17) is 4.74 Å². The Morgan fingerprint density at radius 1 is 1.35 bits per heavy atom. The summed E-state index contributed by atoms with van der Waals surface area (Å²) >= 11 is 3.75. The lowest BCUT2D eigenvalue weighted by molar-refractivity contribution is 0.182. The molecule has 0 radical (unpaired) electrons. The van der Waals surface area contributed by atoms with Gasteiger partial charge in [0.05, 0.1) is 0 Å². The number of methoxy groups -OCH3 is 1. The Labute approximate surface area is 113 Å². The summed E-state index contributed by atoms with van der Waals surface area (Å²) in [5, 5.41) is 1.07. The van der Waals surface area contributed by atoms with Crippen LogP contribution < -0.4 is 0 Å². The average Bonchev–Trinajstić information content (AvgIpc) is 2.39. The van der Waals surface area contributed by atoms with Crippen LogP contribution in [0.25, 0.3) is 0 Å². The van der Waals surface area contributed by atoms with Crippen molar-refractivity contribution >= 4 is 15.9 Å². The Morgan fingerprint density at radius 2 is 2.18 bits per heavy atom. The van der Waals surface area contributed by atoms with E-state index in [1.54, 1.807) is 18.2 Å². The van der Waals surface area contributed by atoms with E-state index < -0.39 is 0 Å². The molecule has 0 spiro atoms.